The molecule has 1 aromatic rings. The van der Waals surface area contributed by atoms with Crippen molar-refractivity contribution in [2.45, 2.75) is 39.2 Å². The Morgan fingerprint density at radius 1 is 1.21 bits per heavy atom. The lowest BCUT2D eigenvalue weighted by atomic mass is 10.0. The van der Waals surface area contributed by atoms with Gasteiger partial charge in [0.05, 0.1) is 13.2 Å². The van der Waals surface area contributed by atoms with Crippen LogP contribution in [0.2, 0.25) is 0 Å². The average molecular weight is 265 g/mol. The lowest BCUT2D eigenvalue weighted by Gasteiger charge is -2.12. The van der Waals surface area contributed by atoms with Crippen LogP contribution in [-0.4, -0.2) is 19.2 Å². The first kappa shape index (κ1) is 15.5. The van der Waals surface area contributed by atoms with Crippen LogP contribution in [0, 0.1) is 0 Å². The van der Waals surface area contributed by atoms with Crippen LogP contribution in [0.15, 0.2) is 24.3 Å². The Morgan fingerprint density at radius 2 is 1.89 bits per heavy atom. The first-order valence-corrected chi connectivity index (χ1v) is 6.81. The Bertz CT molecular complexity index is 375. The molecule has 106 valence electrons. The highest BCUT2D eigenvalue weighted by Gasteiger charge is 2.08. The molecule has 19 heavy (non-hydrogen) atoms. The molecule has 0 radical (unpaired) electrons. The van der Waals surface area contributed by atoms with Crippen LogP contribution >= 0.6 is 0 Å². The fourth-order valence-electron chi connectivity index (χ4n) is 1.84. The summed E-state index contributed by atoms with van der Waals surface area (Å²) >= 11 is 0. The Hall–Kier alpha value is -1.55. The quantitative estimate of drug-likeness (QED) is 0.734. The number of carbonyl (C=O) groups excluding carboxylic acids is 1. The predicted octanol–water partition coefficient (Wildman–Crippen LogP) is 2.82. The summed E-state index contributed by atoms with van der Waals surface area (Å²) < 4.78 is 10.3. The molecule has 1 rings (SSSR count). The van der Waals surface area contributed by atoms with E-state index in [9.17, 15) is 4.79 Å². The van der Waals surface area contributed by atoms with Crippen molar-refractivity contribution in [2.24, 2.45) is 5.73 Å². The van der Waals surface area contributed by atoms with E-state index in [1.807, 2.05) is 38.1 Å². The summed E-state index contributed by atoms with van der Waals surface area (Å²) in [5.41, 5.74) is 7.15. The van der Waals surface area contributed by atoms with E-state index in [-0.39, 0.29) is 12.0 Å². The van der Waals surface area contributed by atoms with Gasteiger partial charge in [0.2, 0.25) is 0 Å². The third-order valence-electron chi connectivity index (χ3n) is 2.82. The number of hydrogen-bond donors (Lipinski definition) is 1. The zero-order valence-electron chi connectivity index (χ0n) is 11.7. The first-order valence-electron chi connectivity index (χ1n) is 6.81. The van der Waals surface area contributed by atoms with Gasteiger partial charge in [0, 0.05) is 12.5 Å². The lowest BCUT2D eigenvalue weighted by Crippen LogP contribution is -2.11. The van der Waals surface area contributed by atoms with Crippen molar-refractivity contribution in [3.63, 3.8) is 0 Å². The van der Waals surface area contributed by atoms with Crippen molar-refractivity contribution in [1.82, 2.24) is 0 Å². The summed E-state index contributed by atoms with van der Waals surface area (Å²) in [6, 6.07) is 7.74. The second-order valence-electron chi connectivity index (χ2n) is 4.31. The molecule has 0 aliphatic carbocycles. The summed E-state index contributed by atoms with van der Waals surface area (Å²) in [5, 5.41) is 0. The van der Waals surface area contributed by atoms with Gasteiger partial charge in [-0.2, -0.15) is 0 Å². The van der Waals surface area contributed by atoms with Gasteiger partial charge in [-0.3, -0.25) is 4.79 Å². The number of rotatable bonds is 8. The van der Waals surface area contributed by atoms with Gasteiger partial charge in [0.25, 0.3) is 0 Å². The second kappa shape index (κ2) is 8.53. The van der Waals surface area contributed by atoms with Crippen molar-refractivity contribution >= 4 is 5.97 Å². The second-order valence-corrected chi connectivity index (χ2v) is 4.31. The third kappa shape index (κ3) is 5.75. The molecule has 0 amide bonds. The van der Waals surface area contributed by atoms with Crippen LogP contribution in [0.25, 0.3) is 0 Å². The lowest BCUT2D eigenvalue weighted by molar-refractivity contribution is -0.143. The number of hydrogen-bond acceptors (Lipinski definition) is 4. The van der Waals surface area contributed by atoms with E-state index in [1.165, 1.54) is 0 Å². The summed E-state index contributed by atoms with van der Waals surface area (Å²) in [5.74, 6) is 0.700. The third-order valence-corrected chi connectivity index (χ3v) is 2.82. The van der Waals surface area contributed by atoms with Crippen LogP contribution in [0.4, 0.5) is 0 Å². The maximum absolute atomic E-state index is 11.2. The van der Waals surface area contributed by atoms with E-state index in [4.69, 9.17) is 15.2 Å². The molecule has 0 spiro atoms. The summed E-state index contributed by atoms with van der Waals surface area (Å²) in [6.45, 7) is 4.85. The fourth-order valence-corrected chi connectivity index (χ4v) is 1.84. The van der Waals surface area contributed by atoms with Gasteiger partial charge in [0.15, 0.2) is 0 Å². The molecule has 0 saturated heterocycles. The van der Waals surface area contributed by atoms with Crippen molar-refractivity contribution < 1.29 is 14.3 Å². The number of carbonyl (C=O) groups is 1. The molecule has 1 unspecified atom stereocenters. The normalized spacial score (nSPS) is 11.9. The molecule has 0 aliphatic heterocycles. The zero-order valence-corrected chi connectivity index (χ0v) is 11.7. The van der Waals surface area contributed by atoms with Gasteiger partial charge in [-0.15, -0.1) is 0 Å². The molecule has 1 atom stereocenters. The highest BCUT2D eigenvalue weighted by Crippen LogP contribution is 2.20. The highest BCUT2D eigenvalue weighted by atomic mass is 16.5. The van der Waals surface area contributed by atoms with Crippen LogP contribution in [0.1, 0.15) is 44.7 Å². The number of ether oxygens (including phenoxy) is 2. The molecule has 0 aliphatic rings. The Labute approximate surface area is 114 Å². The van der Waals surface area contributed by atoms with Crippen LogP contribution in [0.3, 0.4) is 0 Å². The van der Waals surface area contributed by atoms with Gasteiger partial charge in [-0.1, -0.05) is 12.1 Å². The molecular weight excluding hydrogens is 242 g/mol. The molecule has 4 nitrogen and oxygen atoms in total. The predicted molar refractivity (Wildman–Crippen MR) is 75.0 cm³/mol. The maximum atomic E-state index is 11.2. The van der Waals surface area contributed by atoms with Crippen LogP contribution in [-0.2, 0) is 9.53 Å². The first-order chi connectivity index (χ1) is 9.17. The number of benzene rings is 1. The number of esters is 1. The molecular formula is C15H23NO3. The van der Waals surface area contributed by atoms with E-state index in [0.717, 1.165) is 24.2 Å². The van der Waals surface area contributed by atoms with Crippen molar-refractivity contribution in [3.05, 3.63) is 29.8 Å². The van der Waals surface area contributed by atoms with Crippen molar-refractivity contribution in [3.8, 4) is 5.75 Å². The SMILES string of the molecule is CCOC(=O)CCCC(N)c1ccc(OCC)cc1. The van der Waals surface area contributed by atoms with E-state index >= 15 is 0 Å². The van der Waals surface area contributed by atoms with E-state index in [0.29, 0.717) is 19.6 Å². The Morgan fingerprint density at radius 3 is 2.47 bits per heavy atom. The summed E-state index contributed by atoms with van der Waals surface area (Å²) in [7, 11) is 0. The topological polar surface area (TPSA) is 61.5 Å². The minimum atomic E-state index is -0.151. The fraction of sp³-hybridized carbons (Fsp3) is 0.533. The molecule has 4 heteroatoms. The molecule has 0 fully saturated rings. The van der Waals surface area contributed by atoms with Gasteiger partial charge in [-0.05, 0) is 44.4 Å². The van der Waals surface area contributed by atoms with E-state index < -0.39 is 0 Å². The minimum Gasteiger partial charge on any atom is -0.494 e. The van der Waals surface area contributed by atoms with Gasteiger partial charge < -0.3 is 15.2 Å². The van der Waals surface area contributed by atoms with Crippen LogP contribution < -0.4 is 10.5 Å². The molecule has 0 heterocycles. The molecule has 0 saturated carbocycles. The minimum absolute atomic E-state index is 0.0508. The standard InChI is InChI=1S/C15H23NO3/c1-3-18-13-10-8-12(9-11-13)14(16)6-5-7-15(17)19-4-2/h8-11,14H,3-7,16H2,1-2H3. The Balaban J connectivity index is 2.36. The maximum Gasteiger partial charge on any atom is 0.305 e. The zero-order chi connectivity index (χ0) is 14.1. The molecule has 2 N–H and O–H groups in total. The Kier molecular flexibility index (Phi) is 6.97. The van der Waals surface area contributed by atoms with Crippen molar-refractivity contribution in [1.29, 1.82) is 0 Å². The van der Waals surface area contributed by atoms with Gasteiger partial charge >= 0.3 is 5.97 Å². The summed E-state index contributed by atoms with van der Waals surface area (Å²) in [6.07, 6.45) is 1.94. The van der Waals surface area contributed by atoms with Crippen LogP contribution in [0.5, 0.6) is 5.75 Å². The largest absolute Gasteiger partial charge is 0.494 e. The molecule has 0 aromatic heterocycles. The molecule has 0 bridgehead atoms. The van der Waals surface area contributed by atoms with Gasteiger partial charge in [-0.25, -0.2) is 0 Å². The summed E-state index contributed by atoms with van der Waals surface area (Å²) in [4.78, 5) is 11.2. The van der Waals surface area contributed by atoms with Crippen molar-refractivity contribution in [2.75, 3.05) is 13.2 Å². The average Bonchev–Trinajstić information content (AvgIpc) is 2.40. The highest BCUT2D eigenvalue weighted by molar-refractivity contribution is 5.69. The smallest absolute Gasteiger partial charge is 0.305 e. The van der Waals surface area contributed by atoms with E-state index in [1.54, 1.807) is 0 Å². The van der Waals surface area contributed by atoms with E-state index in [2.05, 4.69) is 0 Å². The number of nitrogens with two attached hydrogens (primary N) is 1. The van der Waals surface area contributed by atoms with Gasteiger partial charge in [0.1, 0.15) is 5.75 Å². The molecule has 1 aromatic carbocycles. The monoisotopic (exact) mass is 265 g/mol.